The Balaban J connectivity index is 2.53. The first-order valence-electron chi connectivity index (χ1n) is 6.39. The van der Waals surface area contributed by atoms with Gasteiger partial charge in [0.05, 0.1) is 17.0 Å². The Hall–Kier alpha value is -1.50. The van der Waals surface area contributed by atoms with Gasteiger partial charge in [0.25, 0.3) is 0 Å². The molecule has 1 aromatic heterocycles. The zero-order valence-corrected chi connectivity index (χ0v) is 12.3. The van der Waals surface area contributed by atoms with Crippen LogP contribution in [0.1, 0.15) is 20.3 Å². The molecule has 0 radical (unpaired) electrons. The summed E-state index contributed by atoms with van der Waals surface area (Å²) < 4.78 is 27.7. The zero-order valence-electron chi connectivity index (χ0n) is 11.5. The van der Waals surface area contributed by atoms with Crippen LogP contribution in [0.5, 0.6) is 0 Å². The third-order valence-electron chi connectivity index (χ3n) is 3.44. The van der Waals surface area contributed by atoms with Gasteiger partial charge in [0.1, 0.15) is 0 Å². The van der Waals surface area contributed by atoms with E-state index in [1.807, 2.05) is 13.0 Å². The normalized spacial score (nSPS) is 15.2. The molecule has 1 atom stereocenters. The van der Waals surface area contributed by atoms with Gasteiger partial charge in [-0.25, -0.2) is 13.1 Å². The van der Waals surface area contributed by atoms with Crippen molar-refractivity contribution in [2.75, 3.05) is 6.61 Å². The number of fused-ring (bicyclic) bond motifs is 1. The van der Waals surface area contributed by atoms with E-state index in [9.17, 15) is 13.5 Å². The van der Waals surface area contributed by atoms with E-state index in [0.717, 1.165) is 5.39 Å². The summed E-state index contributed by atoms with van der Waals surface area (Å²) >= 11 is 0. The lowest BCUT2D eigenvalue weighted by atomic mass is 10.0. The molecule has 5 nitrogen and oxygen atoms in total. The van der Waals surface area contributed by atoms with Gasteiger partial charge < -0.3 is 5.11 Å². The van der Waals surface area contributed by atoms with Crippen molar-refractivity contribution in [2.24, 2.45) is 0 Å². The molecule has 2 rings (SSSR count). The van der Waals surface area contributed by atoms with Crippen LogP contribution in [-0.4, -0.2) is 30.7 Å². The quantitative estimate of drug-likeness (QED) is 0.879. The molecule has 0 bridgehead atoms. The maximum absolute atomic E-state index is 12.5. The van der Waals surface area contributed by atoms with Crippen molar-refractivity contribution in [3.05, 3.63) is 36.7 Å². The van der Waals surface area contributed by atoms with Crippen LogP contribution in [0.3, 0.4) is 0 Å². The average Bonchev–Trinajstić information content (AvgIpc) is 2.46. The van der Waals surface area contributed by atoms with Crippen LogP contribution in [0.15, 0.2) is 41.6 Å². The summed E-state index contributed by atoms with van der Waals surface area (Å²) in [5.74, 6) is 0. The van der Waals surface area contributed by atoms with Gasteiger partial charge in [-0.3, -0.25) is 4.98 Å². The molecule has 1 heterocycles. The standard InChI is InChI=1S/C14H18N2O3S/c1-3-14(2,10-17)16-20(18,19)13-6-4-5-11-9-15-8-7-12(11)13/h4-9,16-17H,3,10H2,1-2H3. The van der Waals surface area contributed by atoms with E-state index in [1.54, 1.807) is 37.5 Å². The lowest BCUT2D eigenvalue weighted by molar-refractivity contribution is 0.191. The number of rotatable bonds is 5. The van der Waals surface area contributed by atoms with Crippen molar-refractivity contribution in [1.29, 1.82) is 0 Å². The molecule has 0 aliphatic heterocycles. The van der Waals surface area contributed by atoms with Gasteiger partial charge in [-0.15, -0.1) is 0 Å². The summed E-state index contributed by atoms with van der Waals surface area (Å²) in [6.07, 6.45) is 3.68. The summed E-state index contributed by atoms with van der Waals surface area (Å²) in [7, 11) is -3.71. The lowest BCUT2D eigenvalue weighted by Crippen LogP contribution is -2.48. The van der Waals surface area contributed by atoms with Gasteiger partial charge in [-0.1, -0.05) is 19.1 Å². The molecule has 1 aromatic carbocycles. The Labute approximate surface area is 118 Å². The van der Waals surface area contributed by atoms with E-state index in [2.05, 4.69) is 9.71 Å². The molecule has 2 N–H and O–H groups in total. The van der Waals surface area contributed by atoms with Crippen LogP contribution in [0.25, 0.3) is 10.8 Å². The fraction of sp³-hybridized carbons (Fsp3) is 0.357. The Bertz CT molecular complexity index is 704. The van der Waals surface area contributed by atoms with Gasteiger partial charge in [-0.2, -0.15) is 0 Å². The molecule has 0 fully saturated rings. The number of aliphatic hydroxyl groups excluding tert-OH is 1. The Morgan fingerprint density at radius 3 is 2.75 bits per heavy atom. The summed E-state index contributed by atoms with van der Waals surface area (Å²) in [5.41, 5.74) is -0.867. The first kappa shape index (κ1) is 14.9. The minimum Gasteiger partial charge on any atom is -0.394 e. The van der Waals surface area contributed by atoms with E-state index in [4.69, 9.17) is 0 Å². The summed E-state index contributed by atoms with van der Waals surface area (Å²) in [4.78, 5) is 4.19. The van der Waals surface area contributed by atoms with Crippen molar-refractivity contribution in [2.45, 2.75) is 30.7 Å². The van der Waals surface area contributed by atoms with Gasteiger partial charge in [-0.05, 0) is 25.5 Å². The van der Waals surface area contributed by atoms with Crippen molar-refractivity contribution < 1.29 is 13.5 Å². The van der Waals surface area contributed by atoms with Crippen LogP contribution in [-0.2, 0) is 10.0 Å². The second kappa shape index (κ2) is 5.47. The van der Waals surface area contributed by atoms with Gasteiger partial charge >= 0.3 is 0 Å². The van der Waals surface area contributed by atoms with E-state index >= 15 is 0 Å². The number of pyridine rings is 1. The molecular weight excluding hydrogens is 276 g/mol. The molecule has 0 amide bonds. The van der Waals surface area contributed by atoms with Crippen LogP contribution < -0.4 is 4.72 Å². The molecule has 2 aromatic rings. The molecule has 6 heteroatoms. The predicted molar refractivity (Wildman–Crippen MR) is 77.8 cm³/mol. The van der Waals surface area contributed by atoms with E-state index in [1.165, 1.54) is 0 Å². The molecule has 0 saturated heterocycles. The number of hydrogen-bond donors (Lipinski definition) is 2. The minimum atomic E-state index is -3.71. The minimum absolute atomic E-state index is 0.200. The second-order valence-electron chi connectivity index (χ2n) is 5.03. The SMILES string of the molecule is CCC(C)(CO)NS(=O)(=O)c1cccc2cnccc12. The van der Waals surface area contributed by atoms with Crippen LogP contribution >= 0.6 is 0 Å². The number of nitrogens with zero attached hydrogens (tertiary/aromatic N) is 1. The van der Waals surface area contributed by atoms with Gasteiger partial charge in [0, 0.05) is 23.2 Å². The van der Waals surface area contributed by atoms with Gasteiger partial charge in [0.2, 0.25) is 10.0 Å². The van der Waals surface area contributed by atoms with Gasteiger partial charge in [0.15, 0.2) is 0 Å². The number of aliphatic hydroxyl groups is 1. The average molecular weight is 294 g/mol. The summed E-state index contributed by atoms with van der Waals surface area (Å²) in [6.45, 7) is 3.25. The maximum Gasteiger partial charge on any atom is 0.241 e. The number of benzene rings is 1. The highest BCUT2D eigenvalue weighted by molar-refractivity contribution is 7.89. The highest BCUT2D eigenvalue weighted by Crippen LogP contribution is 2.23. The van der Waals surface area contributed by atoms with Crippen molar-refractivity contribution >= 4 is 20.8 Å². The van der Waals surface area contributed by atoms with Crippen LogP contribution in [0, 0.1) is 0 Å². The van der Waals surface area contributed by atoms with Crippen molar-refractivity contribution in [3.8, 4) is 0 Å². The van der Waals surface area contributed by atoms with Crippen molar-refractivity contribution in [1.82, 2.24) is 9.71 Å². The topological polar surface area (TPSA) is 79.3 Å². The van der Waals surface area contributed by atoms with Crippen molar-refractivity contribution in [3.63, 3.8) is 0 Å². The molecule has 108 valence electrons. The lowest BCUT2D eigenvalue weighted by Gasteiger charge is -2.27. The molecule has 0 aliphatic carbocycles. The zero-order chi connectivity index (χ0) is 14.8. The van der Waals surface area contributed by atoms with Crippen LogP contribution in [0.2, 0.25) is 0 Å². The fourth-order valence-corrected chi connectivity index (χ4v) is 3.62. The largest absolute Gasteiger partial charge is 0.394 e. The molecule has 0 spiro atoms. The monoisotopic (exact) mass is 294 g/mol. The Morgan fingerprint density at radius 2 is 2.10 bits per heavy atom. The molecule has 0 saturated carbocycles. The summed E-state index contributed by atoms with van der Waals surface area (Å²) in [6, 6.07) is 6.72. The second-order valence-corrected chi connectivity index (χ2v) is 6.68. The molecule has 20 heavy (non-hydrogen) atoms. The molecule has 1 unspecified atom stereocenters. The third kappa shape index (κ3) is 2.82. The first-order chi connectivity index (χ1) is 9.42. The Kier molecular flexibility index (Phi) is 4.08. The predicted octanol–water partition coefficient (Wildman–Crippen LogP) is 1.67. The third-order valence-corrected chi connectivity index (χ3v) is 5.14. The number of aromatic nitrogens is 1. The number of hydrogen-bond acceptors (Lipinski definition) is 4. The van der Waals surface area contributed by atoms with E-state index in [0.29, 0.717) is 11.8 Å². The highest BCUT2D eigenvalue weighted by Gasteiger charge is 2.29. The molecular formula is C14H18N2O3S. The number of sulfonamides is 1. The fourth-order valence-electron chi connectivity index (χ4n) is 1.92. The van der Waals surface area contributed by atoms with Crippen LogP contribution in [0.4, 0.5) is 0 Å². The number of nitrogens with one attached hydrogen (secondary N) is 1. The Morgan fingerprint density at radius 1 is 1.35 bits per heavy atom. The highest BCUT2D eigenvalue weighted by atomic mass is 32.2. The summed E-state index contributed by atoms with van der Waals surface area (Å²) in [5, 5.41) is 10.8. The van der Waals surface area contributed by atoms with E-state index in [-0.39, 0.29) is 11.5 Å². The first-order valence-corrected chi connectivity index (χ1v) is 7.88. The molecule has 0 aliphatic rings. The smallest absolute Gasteiger partial charge is 0.241 e. The maximum atomic E-state index is 12.5. The van der Waals surface area contributed by atoms with E-state index < -0.39 is 15.6 Å².